The maximum absolute atomic E-state index is 12.3. The van der Waals surface area contributed by atoms with Crippen molar-refractivity contribution in [2.45, 2.75) is 38.0 Å². The van der Waals surface area contributed by atoms with Crippen LogP contribution in [0.2, 0.25) is 0 Å². The third kappa shape index (κ3) is 3.37. The molecule has 0 aliphatic carbocycles. The topological polar surface area (TPSA) is 78.3 Å². The zero-order chi connectivity index (χ0) is 16.4. The van der Waals surface area contributed by atoms with E-state index in [2.05, 4.69) is 49.9 Å². The molecule has 23 heavy (non-hydrogen) atoms. The van der Waals surface area contributed by atoms with Crippen molar-refractivity contribution in [1.82, 2.24) is 4.90 Å². The van der Waals surface area contributed by atoms with E-state index in [1.54, 1.807) is 0 Å². The molecule has 2 saturated heterocycles. The lowest BCUT2D eigenvalue weighted by Gasteiger charge is -2.48. The number of rotatable bonds is 3. The van der Waals surface area contributed by atoms with Crippen molar-refractivity contribution in [3.63, 3.8) is 0 Å². The molecule has 4 atom stereocenters. The lowest BCUT2D eigenvalue weighted by atomic mass is 9.82. The van der Waals surface area contributed by atoms with Gasteiger partial charge in [0.05, 0.1) is 6.54 Å². The smallest absolute Gasteiger partial charge is 0.323 e. The van der Waals surface area contributed by atoms with E-state index in [-0.39, 0.29) is 30.7 Å². The Morgan fingerprint density at radius 1 is 1.39 bits per heavy atom. The monoisotopic (exact) mass is 378 g/mol. The van der Waals surface area contributed by atoms with E-state index in [4.69, 9.17) is 10.3 Å². The van der Waals surface area contributed by atoms with E-state index in [1.165, 1.54) is 5.56 Å². The number of azide groups is 1. The van der Waals surface area contributed by atoms with Crippen molar-refractivity contribution in [2.24, 2.45) is 11.0 Å². The second-order valence-electron chi connectivity index (χ2n) is 6.24. The van der Waals surface area contributed by atoms with Gasteiger partial charge in [0.15, 0.2) is 0 Å². The lowest BCUT2D eigenvalue weighted by Crippen LogP contribution is -2.57. The van der Waals surface area contributed by atoms with Crippen LogP contribution >= 0.6 is 15.9 Å². The number of carbonyl (C=O) groups is 1. The van der Waals surface area contributed by atoms with Gasteiger partial charge in [-0.05, 0) is 42.0 Å². The van der Waals surface area contributed by atoms with Gasteiger partial charge >= 0.3 is 5.97 Å². The highest BCUT2D eigenvalue weighted by Gasteiger charge is 2.44. The molecule has 0 aromatic heterocycles. The average molecular weight is 379 g/mol. The zero-order valence-corrected chi connectivity index (χ0v) is 14.5. The normalized spacial score (nSPS) is 31.0. The molecule has 2 heterocycles. The van der Waals surface area contributed by atoms with Crippen LogP contribution in [-0.2, 0) is 9.53 Å². The van der Waals surface area contributed by atoms with Gasteiger partial charge < -0.3 is 4.74 Å². The summed E-state index contributed by atoms with van der Waals surface area (Å²) >= 11 is 3.47. The molecule has 0 amide bonds. The maximum Gasteiger partial charge on any atom is 0.323 e. The summed E-state index contributed by atoms with van der Waals surface area (Å²) in [5.41, 5.74) is 9.70. The number of morpholine rings is 1. The van der Waals surface area contributed by atoms with Crippen LogP contribution in [0.25, 0.3) is 10.4 Å². The first-order valence-electron chi connectivity index (χ1n) is 7.82. The highest BCUT2D eigenvalue weighted by Crippen LogP contribution is 2.41. The van der Waals surface area contributed by atoms with Gasteiger partial charge in [0.2, 0.25) is 0 Å². The second-order valence-corrected chi connectivity index (χ2v) is 7.15. The van der Waals surface area contributed by atoms with E-state index >= 15 is 0 Å². The summed E-state index contributed by atoms with van der Waals surface area (Å²) in [6, 6.07) is 8.27. The SMILES string of the molecule is CC1CCC2C(=O)OC(CN=[N+]=[N-])CN2C1c1ccc(Br)cc1. The van der Waals surface area contributed by atoms with Crippen LogP contribution in [0.4, 0.5) is 0 Å². The molecule has 0 saturated carbocycles. The van der Waals surface area contributed by atoms with Gasteiger partial charge in [-0.25, -0.2) is 0 Å². The van der Waals surface area contributed by atoms with Crippen molar-refractivity contribution in [1.29, 1.82) is 0 Å². The minimum atomic E-state index is -0.363. The van der Waals surface area contributed by atoms with Crippen LogP contribution in [0, 0.1) is 5.92 Å². The van der Waals surface area contributed by atoms with Crippen LogP contribution in [0.15, 0.2) is 33.9 Å². The van der Waals surface area contributed by atoms with Crippen LogP contribution < -0.4 is 0 Å². The molecule has 122 valence electrons. The van der Waals surface area contributed by atoms with E-state index in [1.807, 2.05) is 12.1 Å². The van der Waals surface area contributed by atoms with Crippen molar-refractivity contribution in [2.75, 3.05) is 13.1 Å². The molecule has 1 aromatic rings. The summed E-state index contributed by atoms with van der Waals surface area (Å²) in [5.74, 6) is 0.266. The third-order valence-corrected chi connectivity index (χ3v) is 5.25. The van der Waals surface area contributed by atoms with Gasteiger partial charge in [0.1, 0.15) is 12.1 Å². The third-order valence-electron chi connectivity index (χ3n) is 4.72. The predicted molar refractivity (Wildman–Crippen MR) is 89.7 cm³/mol. The van der Waals surface area contributed by atoms with Gasteiger partial charge in [-0.2, -0.15) is 0 Å². The van der Waals surface area contributed by atoms with E-state index in [0.29, 0.717) is 12.5 Å². The molecule has 1 aromatic carbocycles. The summed E-state index contributed by atoms with van der Waals surface area (Å²) in [7, 11) is 0. The summed E-state index contributed by atoms with van der Waals surface area (Å²) in [5, 5.41) is 3.57. The second kappa shape index (κ2) is 6.91. The summed E-state index contributed by atoms with van der Waals surface area (Å²) in [6.07, 6.45) is 1.46. The minimum absolute atomic E-state index is 0.184. The van der Waals surface area contributed by atoms with Crippen LogP contribution in [0.1, 0.15) is 31.4 Å². The first-order chi connectivity index (χ1) is 11.1. The fourth-order valence-electron chi connectivity index (χ4n) is 3.68. The molecule has 4 unspecified atom stereocenters. The van der Waals surface area contributed by atoms with E-state index < -0.39 is 0 Å². The average Bonchev–Trinajstić information content (AvgIpc) is 2.54. The Kier molecular flexibility index (Phi) is 4.90. The molecule has 6 nitrogen and oxygen atoms in total. The highest BCUT2D eigenvalue weighted by atomic mass is 79.9. The van der Waals surface area contributed by atoms with Gasteiger partial charge in [0.25, 0.3) is 0 Å². The van der Waals surface area contributed by atoms with Crippen LogP contribution in [0.5, 0.6) is 0 Å². The molecule has 3 rings (SSSR count). The number of benzene rings is 1. The molecule has 2 fully saturated rings. The van der Waals surface area contributed by atoms with Crippen molar-refractivity contribution >= 4 is 21.9 Å². The van der Waals surface area contributed by atoms with Gasteiger partial charge in [-0.1, -0.05) is 40.1 Å². The Morgan fingerprint density at radius 3 is 2.83 bits per heavy atom. The Hall–Kier alpha value is -1.56. The molecule has 2 aliphatic rings. The highest BCUT2D eigenvalue weighted by molar-refractivity contribution is 9.10. The lowest BCUT2D eigenvalue weighted by molar-refractivity contribution is -0.173. The molecule has 0 spiro atoms. The van der Waals surface area contributed by atoms with E-state index in [9.17, 15) is 4.79 Å². The van der Waals surface area contributed by atoms with Crippen molar-refractivity contribution in [3.05, 3.63) is 44.7 Å². The quantitative estimate of drug-likeness (QED) is 0.347. The number of hydrogen-bond acceptors (Lipinski definition) is 4. The molecule has 0 bridgehead atoms. The standard InChI is InChI=1S/C16H19BrN4O2/c1-10-2-7-14-16(22)23-13(8-19-20-18)9-21(14)15(10)11-3-5-12(17)6-4-11/h3-6,10,13-15H,2,7-9H2,1H3. The summed E-state index contributed by atoms with van der Waals surface area (Å²) in [4.78, 5) is 17.3. The summed E-state index contributed by atoms with van der Waals surface area (Å²) < 4.78 is 6.49. The van der Waals surface area contributed by atoms with Crippen LogP contribution in [-0.4, -0.2) is 36.1 Å². The zero-order valence-electron chi connectivity index (χ0n) is 12.9. The number of nitrogens with zero attached hydrogens (tertiary/aromatic N) is 4. The summed E-state index contributed by atoms with van der Waals surface area (Å²) in [6.45, 7) is 3.03. The fraction of sp³-hybridized carbons (Fsp3) is 0.562. The number of halogens is 1. The Labute approximate surface area is 143 Å². The molecule has 0 N–H and O–H groups in total. The Balaban J connectivity index is 1.88. The number of carbonyl (C=O) groups excluding carboxylic acids is 1. The first-order valence-corrected chi connectivity index (χ1v) is 8.62. The van der Waals surface area contributed by atoms with Gasteiger partial charge in [-0.15, -0.1) is 0 Å². The predicted octanol–water partition coefficient (Wildman–Crippen LogP) is 3.83. The van der Waals surface area contributed by atoms with Gasteiger partial charge in [-0.3, -0.25) is 9.69 Å². The number of cyclic esters (lactones) is 1. The molecule has 7 heteroatoms. The minimum Gasteiger partial charge on any atom is -0.460 e. The Bertz CT molecular complexity index is 629. The number of esters is 1. The molecule has 2 aliphatic heterocycles. The fourth-order valence-corrected chi connectivity index (χ4v) is 3.94. The molecular formula is C16H19BrN4O2. The van der Waals surface area contributed by atoms with Crippen molar-refractivity contribution in [3.8, 4) is 0 Å². The van der Waals surface area contributed by atoms with Crippen molar-refractivity contribution < 1.29 is 9.53 Å². The maximum atomic E-state index is 12.3. The largest absolute Gasteiger partial charge is 0.460 e. The Morgan fingerprint density at radius 2 is 2.13 bits per heavy atom. The number of hydrogen-bond donors (Lipinski definition) is 0. The number of ether oxygens (including phenoxy) is 1. The molecule has 0 radical (unpaired) electrons. The molecular weight excluding hydrogens is 360 g/mol. The van der Waals surface area contributed by atoms with Crippen LogP contribution in [0.3, 0.4) is 0 Å². The number of piperidine rings is 1. The first kappa shape index (κ1) is 16.3. The number of fused-ring (bicyclic) bond motifs is 1. The van der Waals surface area contributed by atoms with Gasteiger partial charge in [0, 0.05) is 22.0 Å². The van der Waals surface area contributed by atoms with E-state index in [0.717, 1.165) is 17.3 Å².